The number of aryl methyl sites for hydroxylation is 3. The number of nitrogens with zero attached hydrogens (tertiary/aromatic N) is 6. The molecule has 0 aliphatic heterocycles. The van der Waals surface area contributed by atoms with E-state index in [0.29, 0.717) is 11.0 Å². The Morgan fingerprint density at radius 2 is 2.00 bits per heavy atom. The van der Waals surface area contributed by atoms with Gasteiger partial charge in [0.25, 0.3) is 0 Å². The van der Waals surface area contributed by atoms with Gasteiger partial charge in [0, 0.05) is 6.42 Å². The van der Waals surface area contributed by atoms with Crippen LogP contribution in [0, 0.1) is 13.8 Å². The number of tetrazole rings is 1. The minimum absolute atomic E-state index is 0.0304. The molecule has 0 unspecified atom stereocenters. The topological polar surface area (TPSA) is 82.5 Å². The van der Waals surface area contributed by atoms with E-state index >= 15 is 0 Å². The minimum atomic E-state index is -0.0304. The third kappa shape index (κ3) is 3.33. The first kappa shape index (κ1) is 16.6. The van der Waals surface area contributed by atoms with Gasteiger partial charge in [-0.05, 0) is 48.7 Å². The van der Waals surface area contributed by atoms with Crippen molar-refractivity contribution in [2.24, 2.45) is 0 Å². The van der Waals surface area contributed by atoms with E-state index in [1.807, 2.05) is 13.0 Å². The molecule has 3 aromatic rings. The van der Waals surface area contributed by atoms with Gasteiger partial charge < -0.3 is 4.52 Å². The summed E-state index contributed by atoms with van der Waals surface area (Å²) in [5.41, 5.74) is 3.26. The molecule has 0 saturated heterocycles. The Hall–Kier alpha value is -2.22. The highest BCUT2D eigenvalue weighted by atomic mass is 32.2. The van der Waals surface area contributed by atoms with Crippen LogP contribution in [-0.2, 0) is 6.42 Å². The molecule has 8 heteroatoms. The lowest BCUT2D eigenvalue weighted by Crippen LogP contribution is -2.04. The Kier molecular flexibility index (Phi) is 4.94. The van der Waals surface area contributed by atoms with Crippen molar-refractivity contribution in [2.45, 2.75) is 50.9 Å². The summed E-state index contributed by atoms with van der Waals surface area (Å²) in [7, 11) is 0. The van der Waals surface area contributed by atoms with Gasteiger partial charge in [-0.25, -0.2) is 0 Å². The van der Waals surface area contributed by atoms with Crippen LogP contribution in [0.2, 0.25) is 0 Å². The average Bonchev–Trinajstić information content (AvgIpc) is 3.18. The van der Waals surface area contributed by atoms with Crippen molar-refractivity contribution < 1.29 is 4.52 Å². The molecule has 0 radical (unpaired) electrons. The Labute approximate surface area is 144 Å². The monoisotopic (exact) mass is 344 g/mol. The first-order valence-electron chi connectivity index (χ1n) is 7.94. The number of thioether (sulfide) groups is 1. The van der Waals surface area contributed by atoms with E-state index in [4.69, 9.17) is 4.52 Å². The van der Waals surface area contributed by atoms with E-state index in [1.54, 1.807) is 4.68 Å². The van der Waals surface area contributed by atoms with Crippen LogP contribution >= 0.6 is 11.8 Å². The van der Waals surface area contributed by atoms with Gasteiger partial charge in [0.05, 0.1) is 10.9 Å². The molecule has 0 aliphatic rings. The molecule has 24 heavy (non-hydrogen) atoms. The maximum atomic E-state index is 5.36. The number of hydrogen-bond donors (Lipinski definition) is 0. The summed E-state index contributed by atoms with van der Waals surface area (Å²) in [6.07, 6.45) is 1.81. The fraction of sp³-hybridized carbons (Fsp3) is 0.438. The molecule has 0 saturated carbocycles. The normalized spacial score (nSPS) is 12.5. The number of benzene rings is 1. The molecule has 2 heterocycles. The van der Waals surface area contributed by atoms with Crippen LogP contribution in [0.4, 0.5) is 0 Å². The standard InChI is InChI=1S/C16H20N6OS/c1-5-7-13-17-15(23-19-13)12(4)24-16-18-20-21-22(16)14-10(2)8-6-9-11(14)3/h6,8-9,12H,5,7H2,1-4H3/t12-/m0/s1. The summed E-state index contributed by atoms with van der Waals surface area (Å²) < 4.78 is 7.13. The highest BCUT2D eigenvalue weighted by Crippen LogP contribution is 2.34. The molecule has 1 atom stereocenters. The maximum Gasteiger partial charge on any atom is 0.239 e. The van der Waals surface area contributed by atoms with Crippen LogP contribution < -0.4 is 0 Å². The molecule has 0 aliphatic carbocycles. The van der Waals surface area contributed by atoms with Crippen molar-refractivity contribution in [1.82, 2.24) is 30.3 Å². The Bertz CT molecular complexity index is 807. The SMILES string of the molecule is CCCc1noc([C@H](C)Sc2nnnn2-c2c(C)cccc2C)n1. The highest BCUT2D eigenvalue weighted by Gasteiger charge is 2.20. The number of rotatable bonds is 6. The van der Waals surface area contributed by atoms with Crippen LogP contribution in [0.15, 0.2) is 27.9 Å². The van der Waals surface area contributed by atoms with Crippen LogP contribution in [0.25, 0.3) is 5.69 Å². The van der Waals surface area contributed by atoms with Crippen molar-refractivity contribution in [1.29, 1.82) is 0 Å². The second-order valence-electron chi connectivity index (χ2n) is 5.67. The summed E-state index contributed by atoms with van der Waals surface area (Å²) >= 11 is 1.50. The molecule has 7 nitrogen and oxygen atoms in total. The summed E-state index contributed by atoms with van der Waals surface area (Å²) in [6, 6.07) is 6.13. The van der Waals surface area contributed by atoms with Crippen LogP contribution in [0.5, 0.6) is 0 Å². The summed E-state index contributed by atoms with van der Waals surface area (Å²) in [5, 5.41) is 16.8. The van der Waals surface area contributed by atoms with Crippen molar-refractivity contribution in [3.8, 4) is 5.69 Å². The second-order valence-corrected chi connectivity index (χ2v) is 6.98. The van der Waals surface area contributed by atoms with Crippen LogP contribution in [-0.4, -0.2) is 30.3 Å². The van der Waals surface area contributed by atoms with E-state index in [9.17, 15) is 0 Å². The molecule has 0 amide bonds. The molecule has 0 spiro atoms. The molecule has 0 N–H and O–H groups in total. The van der Waals surface area contributed by atoms with Gasteiger partial charge >= 0.3 is 0 Å². The van der Waals surface area contributed by atoms with Crippen LogP contribution in [0.3, 0.4) is 0 Å². The second kappa shape index (κ2) is 7.12. The quantitative estimate of drug-likeness (QED) is 0.633. The number of para-hydroxylation sites is 1. The third-order valence-electron chi connectivity index (χ3n) is 3.68. The zero-order chi connectivity index (χ0) is 17.1. The highest BCUT2D eigenvalue weighted by molar-refractivity contribution is 7.99. The largest absolute Gasteiger partial charge is 0.338 e. The minimum Gasteiger partial charge on any atom is -0.338 e. The Morgan fingerprint density at radius 1 is 1.25 bits per heavy atom. The molecular formula is C16H20N6OS. The molecule has 0 bridgehead atoms. The smallest absolute Gasteiger partial charge is 0.239 e. The predicted molar refractivity (Wildman–Crippen MR) is 91.2 cm³/mol. The van der Waals surface area contributed by atoms with Gasteiger partial charge in [0.1, 0.15) is 0 Å². The van der Waals surface area contributed by atoms with Gasteiger partial charge in [0.15, 0.2) is 5.82 Å². The zero-order valence-corrected chi connectivity index (χ0v) is 15.0. The van der Waals surface area contributed by atoms with Gasteiger partial charge in [-0.3, -0.25) is 0 Å². The molecule has 1 aromatic carbocycles. The lowest BCUT2D eigenvalue weighted by Gasteiger charge is -2.11. The fourth-order valence-electron chi connectivity index (χ4n) is 2.50. The number of aromatic nitrogens is 6. The lowest BCUT2D eigenvalue weighted by molar-refractivity contribution is 0.374. The summed E-state index contributed by atoms with van der Waals surface area (Å²) in [4.78, 5) is 4.44. The van der Waals surface area contributed by atoms with Gasteiger partial charge in [-0.1, -0.05) is 42.0 Å². The summed E-state index contributed by atoms with van der Waals surface area (Å²) in [5.74, 6) is 1.34. The van der Waals surface area contributed by atoms with Crippen molar-refractivity contribution in [3.63, 3.8) is 0 Å². The molecule has 2 aromatic heterocycles. The van der Waals surface area contributed by atoms with Gasteiger partial charge in [0.2, 0.25) is 11.0 Å². The first-order chi connectivity index (χ1) is 11.6. The van der Waals surface area contributed by atoms with Crippen molar-refractivity contribution in [2.75, 3.05) is 0 Å². The first-order valence-corrected chi connectivity index (χ1v) is 8.82. The Balaban J connectivity index is 1.85. The number of hydrogen-bond acceptors (Lipinski definition) is 7. The van der Waals surface area contributed by atoms with E-state index in [-0.39, 0.29) is 5.25 Å². The van der Waals surface area contributed by atoms with Gasteiger partial charge in [-0.2, -0.15) is 9.67 Å². The lowest BCUT2D eigenvalue weighted by atomic mass is 10.1. The molecular weight excluding hydrogens is 324 g/mol. The van der Waals surface area contributed by atoms with Crippen molar-refractivity contribution in [3.05, 3.63) is 41.0 Å². The van der Waals surface area contributed by atoms with E-state index in [0.717, 1.165) is 35.5 Å². The molecule has 126 valence electrons. The van der Waals surface area contributed by atoms with E-state index in [2.05, 4.69) is 58.6 Å². The van der Waals surface area contributed by atoms with E-state index < -0.39 is 0 Å². The van der Waals surface area contributed by atoms with Crippen LogP contribution in [0.1, 0.15) is 48.4 Å². The van der Waals surface area contributed by atoms with Gasteiger partial charge in [-0.15, -0.1) is 5.10 Å². The fourth-order valence-corrected chi connectivity index (χ4v) is 3.32. The predicted octanol–water partition coefficient (Wildman–Crippen LogP) is 3.47. The molecule has 3 rings (SSSR count). The average molecular weight is 344 g/mol. The third-order valence-corrected chi connectivity index (χ3v) is 4.70. The maximum absolute atomic E-state index is 5.36. The van der Waals surface area contributed by atoms with Crippen molar-refractivity contribution >= 4 is 11.8 Å². The van der Waals surface area contributed by atoms with E-state index in [1.165, 1.54) is 11.8 Å². The molecule has 0 fully saturated rings. The zero-order valence-electron chi connectivity index (χ0n) is 14.2. The summed E-state index contributed by atoms with van der Waals surface area (Å²) in [6.45, 7) is 8.21. The Morgan fingerprint density at radius 3 is 2.71 bits per heavy atom.